The summed E-state index contributed by atoms with van der Waals surface area (Å²) in [5, 5.41) is 21.0. The van der Waals surface area contributed by atoms with Gasteiger partial charge in [0.1, 0.15) is 0 Å². The Kier molecular flexibility index (Phi) is 13.3. The number of unbranched alkanes of at least 4 members (excludes halogenated alkanes) is 3. The van der Waals surface area contributed by atoms with E-state index in [-0.39, 0.29) is 30.6 Å². The molecule has 0 spiro atoms. The van der Waals surface area contributed by atoms with Crippen molar-refractivity contribution in [3.8, 4) is 11.1 Å². The van der Waals surface area contributed by atoms with Crippen LogP contribution in [-0.4, -0.2) is 66.0 Å². The maximum atomic E-state index is 12.4. The monoisotopic (exact) mass is 645 g/mol. The molecule has 10 heteroatoms. The number of benzene rings is 3. The van der Waals surface area contributed by atoms with Crippen LogP contribution in [0.4, 0.5) is 0 Å². The zero-order chi connectivity index (χ0) is 32.8. The molecule has 0 aliphatic carbocycles. The fourth-order valence-electron chi connectivity index (χ4n) is 6.07. The van der Waals surface area contributed by atoms with Crippen LogP contribution < -0.4 is 10.8 Å². The van der Waals surface area contributed by atoms with E-state index in [0.717, 1.165) is 91.9 Å². The first kappa shape index (κ1) is 34.7. The summed E-state index contributed by atoms with van der Waals surface area (Å²) in [4.78, 5) is 25.8. The standard InChI is InChI=1S/C37H47N3O7/c41-26-27-10-12-30(13-11-27)34-23-33(25-40-18-20-45-21-19-40)46-37(47-34)31-16-14-29(15-17-31)32-7-5-6-28(22-32)24-38-35(42)8-3-1-2-4-9-36(43)39-44/h5-7,10-17,22,33-34,37,41,44H,1-4,8-9,18-21,23-26H2,(H,38,42)(H,39,43). The molecular formula is C37H47N3O7. The van der Waals surface area contributed by atoms with E-state index in [2.05, 4.69) is 46.6 Å². The number of aliphatic hydroxyl groups excluding tert-OH is 1. The fraction of sp³-hybridized carbons (Fsp3) is 0.459. The van der Waals surface area contributed by atoms with Gasteiger partial charge in [-0.15, -0.1) is 0 Å². The quantitative estimate of drug-likeness (QED) is 0.101. The summed E-state index contributed by atoms with van der Waals surface area (Å²) in [6.07, 6.45) is 4.02. The van der Waals surface area contributed by atoms with Crippen molar-refractivity contribution in [1.82, 2.24) is 15.7 Å². The lowest BCUT2D eigenvalue weighted by Gasteiger charge is -2.39. The van der Waals surface area contributed by atoms with Crippen molar-refractivity contribution < 1.29 is 34.1 Å². The third kappa shape index (κ3) is 10.7. The molecule has 47 heavy (non-hydrogen) atoms. The van der Waals surface area contributed by atoms with Crippen LogP contribution in [0.1, 0.15) is 79.6 Å². The van der Waals surface area contributed by atoms with Gasteiger partial charge in [0.25, 0.3) is 0 Å². The van der Waals surface area contributed by atoms with Crippen LogP contribution in [0, 0.1) is 0 Å². The van der Waals surface area contributed by atoms with E-state index < -0.39 is 6.29 Å². The van der Waals surface area contributed by atoms with Gasteiger partial charge in [-0.2, -0.15) is 0 Å². The highest BCUT2D eigenvalue weighted by molar-refractivity contribution is 5.76. The Morgan fingerprint density at radius 2 is 1.49 bits per heavy atom. The number of amides is 2. The number of rotatable bonds is 15. The summed E-state index contributed by atoms with van der Waals surface area (Å²) in [6, 6.07) is 24.4. The van der Waals surface area contributed by atoms with Gasteiger partial charge in [-0.1, -0.05) is 79.6 Å². The highest BCUT2D eigenvalue weighted by Crippen LogP contribution is 2.38. The van der Waals surface area contributed by atoms with Crippen molar-refractivity contribution in [2.45, 2.75) is 76.6 Å². The van der Waals surface area contributed by atoms with Gasteiger partial charge in [-0.3, -0.25) is 19.7 Å². The molecule has 252 valence electrons. The summed E-state index contributed by atoms with van der Waals surface area (Å²) in [5.41, 5.74) is 7.69. The van der Waals surface area contributed by atoms with Gasteiger partial charge in [0.15, 0.2) is 6.29 Å². The maximum absolute atomic E-state index is 12.4. The molecule has 2 saturated heterocycles. The first-order valence-electron chi connectivity index (χ1n) is 16.7. The lowest BCUT2D eigenvalue weighted by molar-refractivity contribution is -0.253. The van der Waals surface area contributed by atoms with Gasteiger partial charge in [0.2, 0.25) is 11.8 Å². The second kappa shape index (κ2) is 18.1. The minimum atomic E-state index is -0.507. The highest BCUT2D eigenvalue weighted by Gasteiger charge is 2.33. The van der Waals surface area contributed by atoms with Crippen LogP contribution in [0.25, 0.3) is 11.1 Å². The summed E-state index contributed by atoms with van der Waals surface area (Å²) in [5.74, 6) is -0.368. The normalized spacial score (nSPS) is 20.1. The van der Waals surface area contributed by atoms with Crippen molar-refractivity contribution in [2.24, 2.45) is 0 Å². The van der Waals surface area contributed by atoms with Gasteiger partial charge in [-0.25, -0.2) is 5.48 Å². The van der Waals surface area contributed by atoms with Crippen LogP contribution in [0.2, 0.25) is 0 Å². The van der Waals surface area contributed by atoms with Crippen LogP contribution in [-0.2, 0) is 37.0 Å². The minimum Gasteiger partial charge on any atom is -0.392 e. The zero-order valence-corrected chi connectivity index (χ0v) is 26.9. The molecule has 3 unspecified atom stereocenters. The van der Waals surface area contributed by atoms with Crippen LogP contribution in [0.5, 0.6) is 0 Å². The molecule has 2 fully saturated rings. The zero-order valence-electron chi connectivity index (χ0n) is 26.9. The molecule has 0 bridgehead atoms. The Morgan fingerprint density at radius 3 is 2.19 bits per heavy atom. The molecule has 2 aliphatic heterocycles. The number of hydrogen-bond donors (Lipinski definition) is 4. The number of aliphatic hydroxyl groups is 1. The molecule has 2 aliphatic rings. The topological polar surface area (TPSA) is 130 Å². The molecule has 3 atom stereocenters. The number of hydroxylamine groups is 1. The van der Waals surface area contributed by atoms with Gasteiger partial charge in [-0.05, 0) is 46.7 Å². The number of nitrogens with one attached hydrogen (secondary N) is 2. The van der Waals surface area contributed by atoms with Crippen molar-refractivity contribution in [3.05, 3.63) is 95.1 Å². The minimum absolute atomic E-state index is 0.000953. The molecule has 3 aromatic rings. The van der Waals surface area contributed by atoms with E-state index in [1.54, 1.807) is 5.48 Å². The number of carbonyl (C=O) groups is 2. The third-order valence-corrected chi connectivity index (χ3v) is 8.80. The van der Waals surface area contributed by atoms with E-state index in [0.29, 0.717) is 25.8 Å². The Balaban J connectivity index is 1.17. The average Bonchev–Trinajstić information content (AvgIpc) is 3.12. The molecule has 2 amide bonds. The van der Waals surface area contributed by atoms with Crippen molar-refractivity contribution in [3.63, 3.8) is 0 Å². The highest BCUT2D eigenvalue weighted by atomic mass is 16.7. The van der Waals surface area contributed by atoms with Crippen molar-refractivity contribution in [1.29, 1.82) is 0 Å². The van der Waals surface area contributed by atoms with E-state index in [9.17, 15) is 14.7 Å². The van der Waals surface area contributed by atoms with Crippen LogP contribution >= 0.6 is 0 Å². The van der Waals surface area contributed by atoms with Crippen molar-refractivity contribution >= 4 is 11.8 Å². The van der Waals surface area contributed by atoms with Gasteiger partial charge in [0.05, 0.1) is 32.0 Å². The molecule has 0 aromatic heterocycles. The number of hydrogen-bond acceptors (Lipinski definition) is 8. The summed E-state index contributed by atoms with van der Waals surface area (Å²) < 4.78 is 18.6. The molecule has 2 heterocycles. The maximum Gasteiger partial charge on any atom is 0.243 e. The predicted octanol–water partition coefficient (Wildman–Crippen LogP) is 5.19. The number of nitrogens with zero attached hydrogens (tertiary/aromatic N) is 1. The molecule has 0 radical (unpaired) electrons. The lowest BCUT2D eigenvalue weighted by Crippen LogP contribution is -2.44. The second-order valence-electron chi connectivity index (χ2n) is 12.3. The van der Waals surface area contributed by atoms with Crippen LogP contribution in [0.3, 0.4) is 0 Å². The number of morpholine rings is 1. The van der Waals surface area contributed by atoms with Crippen LogP contribution in [0.15, 0.2) is 72.8 Å². The van der Waals surface area contributed by atoms with E-state index in [1.165, 1.54) is 0 Å². The molecule has 3 aromatic carbocycles. The smallest absolute Gasteiger partial charge is 0.243 e. The SMILES string of the molecule is O=C(CCCCCCC(=O)NCc1cccc(-c2ccc(C3OC(CN4CCOCC4)CC(c4ccc(CO)cc4)O3)cc2)c1)NO. The summed E-state index contributed by atoms with van der Waals surface area (Å²) in [7, 11) is 0. The molecule has 5 rings (SSSR count). The Hall–Kier alpha value is -3.64. The lowest BCUT2D eigenvalue weighted by atomic mass is 9.99. The van der Waals surface area contributed by atoms with Gasteiger partial charge >= 0.3 is 0 Å². The Morgan fingerprint density at radius 1 is 0.787 bits per heavy atom. The first-order chi connectivity index (χ1) is 23.0. The van der Waals surface area contributed by atoms with E-state index >= 15 is 0 Å². The van der Waals surface area contributed by atoms with Crippen molar-refractivity contribution in [2.75, 3.05) is 32.8 Å². The number of carbonyl (C=O) groups excluding carboxylic acids is 2. The second-order valence-corrected chi connectivity index (χ2v) is 12.3. The molecular weight excluding hydrogens is 598 g/mol. The average molecular weight is 646 g/mol. The van der Waals surface area contributed by atoms with E-state index in [4.69, 9.17) is 19.4 Å². The summed E-state index contributed by atoms with van der Waals surface area (Å²) >= 11 is 0. The number of ether oxygens (including phenoxy) is 3. The first-order valence-corrected chi connectivity index (χ1v) is 16.7. The Bertz CT molecular complexity index is 1410. The molecule has 0 saturated carbocycles. The molecule has 4 N–H and O–H groups in total. The van der Waals surface area contributed by atoms with Gasteiger partial charge in [0, 0.05) is 51.0 Å². The third-order valence-electron chi connectivity index (χ3n) is 8.80. The summed E-state index contributed by atoms with van der Waals surface area (Å²) in [6.45, 7) is 4.56. The van der Waals surface area contributed by atoms with Gasteiger partial charge < -0.3 is 24.6 Å². The fourth-order valence-corrected chi connectivity index (χ4v) is 6.07. The van der Waals surface area contributed by atoms with E-state index in [1.807, 2.05) is 36.4 Å². The predicted molar refractivity (Wildman–Crippen MR) is 177 cm³/mol. The largest absolute Gasteiger partial charge is 0.392 e. The molecule has 10 nitrogen and oxygen atoms in total. The Labute approximate surface area is 277 Å².